The Bertz CT molecular complexity index is 536. The Morgan fingerprint density at radius 1 is 0.773 bits per heavy atom. The van der Waals surface area contributed by atoms with Crippen molar-refractivity contribution in [2.24, 2.45) is 0 Å². The molecule has 1 radical (unpaired) electrons. The van der Waals surface area contributed by atoms with Gasteiger partial charge in [-0.25, -0.2) is 4.79 Å². The standard InChI is InChI=1S/C10H3F9O2.Cu/c11-8(12,13)3-1-4(9(14,15)16)6(7(20)21)5(2-3)10(17,18)19;/h1-2H,(H,20,21);. The van der Waals surface area contributed by atoms with Crippen molar-refractivity contribution < 1.29 is 66.5 Å². The van der Waals surface area contributed by atoms with Gasteiger partial charge in [-0.2, -0.15) is 39.5 Å². The minimum atomic E-state index is -5.70. The van der Waals surface area contributed by atoms with E-state index < -0.39 is 58.9 Å². The van der Waals surface area contributed by atoms with E-state index in [9.17, 15) is 44.3 Å². The maximum absolute atomic E-state index is 12.5. The Kier molecular flexibility index (Phi) is 5.61. The summed E-state index contributed by atoms with van der Waals surface area (Å²) in [4.78, 5) is 10.6. The summed E-state index contributed by atoms with van der Waals surface area (Å²) < 4.78 is 112. The molecule has 0 saturated heterocycles. The quantitative estimate of drug-likeness (QED) is 0.569. The third-order valence-electron chi connectivity index (χ3n) is 2.29. The summed E-state index contributed by atoms with van der Waals surface area (Å²) in [5, 5.41) is 8.49. The third kappa shape index (κ3) is 4.29. The maximum Gasteiger partial charge on any atom is 0.417 e. The van der Waals surface area contributed by atoms with Crippen LogP contribution in [0.3, 0.4) is 0 Å². The number of alkyl halides is 9. The Hall–Kier alpha value is -1.42. The van der Waals surface area contributed by atoms with Crippen molar-refractivity contribution in [2.75, 3.05) is 0 Å². The Balaban J connectivity index is 0.00000441. The van der Waals surface area contributed by atoms with Gasteiger partial charge in [-0.05, 0) is 12.1 Å². The van der Waals surface area contributed by atoms with Crippen LogP contribution in [0.4, 0.5) is 39.5 Å². The number of carboxylic acids is 1. The van der Waals surface area contributed by atoms with Gasteiger partial charge < -0.3 is 5.11 Å². The van der Waals surface area contributed by atoms with Crippen molar-refractivity contribution in [1.82, 2.24) is 0 Å². The molecule has 0 aliphatic rings. The van der Waals surface area contributed by atoms with Crippen LogP contribution in [0.5, 0.6) is 0 Å². The molecule has 0 aliphatic heterocycles. The maximum atomic E-state index is 12.5. The Morgan fingerprint density at radius 3 is 1.27 bits per heavy atom. The average Bonchev–Trinajstić information content (AvgIpc) is 2.23. The summed E-state index contributed by atoms with van der Waals surface area (Å²) in [6, 6.07) is -1.34. The molecule has 129 valence electrons. The number of carboxylic acid groups (broad SMARTS) is 1. The first-order chi connectivity index (χ1) is 9.15. The fourth-order valence-corrected chi connectivity index (χ4v) is 1.48. The number of hydrogen-bond donors (Lipinski definition) is 1. The van der Waals surface area contributed by atoms with Crippen LogP contribution in [0, 0.1) is 0 Å². The minimum Gasteiger partial charge on any atom is -0.478 e. The van der Waals surface area contributed by atoms with Crippen molar-refractivity contribution in [3.05, 3.63) is 34.4 Å². The van der Waals surface area contributed by atoms with Gasteiger partial charge in [0.15, 0.2) is 0 Å². The average molecular weight is 390 g/mol. The van der Waals surface area contributed by atoms with E-state index in [1.54, 1.807) is 0 Å². The summed E-state index contributed by atoms with van der Waals surface area (Å²) in [5.41, 5.74) is -9.55. The zero-order chi connectivity index (χ0) is 16.8. The van der Waals surface area contributed by atoms with Crippen LogP contribution in [0.1, 0.15) is 27.0 Å². The van der Waals surface area contributed by atoms with Crippen molar-refractivity contribution in [1.29, 1.82) is 0 Å². The van der Waals surface area contributed by atoms with E-state index >= 15 is 0 Å². The number of aromatic carboxylic acids is 1. The van der Waals surface area contributed by atoms with Crippen molar-refractivity contribution in [3.8, 4) is 0 Å². The molecule has 0 heterocycles. The van der Waals surface area contributed by atoms with Gasteiger partial charge in [0.25, 0.3) is 0 Å². The van der Waals surface area contributed by atoms with E-state index in [1.165, 1.54) is 0 Å². The summed E-state index contributed by atoms with van der Waals surface area (Å²) >= 11 is 0. The van der Waals surface area contributed by atoms with E-state index in [2.05, 4.69) is 0 Å². The SMILES string of the molecule is O=C(O)c1c(C(F)(F)F)cc(C(F)(F)F)cc1C(F)(F)F.[Cu]. The predicted octanol–water partition coefficient (Wildman–Crippen LogP) is 4.44. The minimum absolute atomic E-state index is 0. The van der Waals surface area contributed by atoms with Crippen molar-refractivity contribution in [3.63, 3.8) is 0 Å². The second-order valence-electron chi connectivity index (χ2n) is 3.74. The van der Waals surface area contributed by atoms with Crippen molar-refractivity contribution >= 4 is 5.97 Å². The van der Waals surface area contributed by atoms with Crippen LogP contribution in [-0.2, 0) is 35.6 Å². The summed E-state index contributed by atoms with van der Waals surface area (Å²) in [6.45, 7) is 0. The van der Waals surface area contributed by atoms with Gasteiger partial charge in [-0.3, -0.25) is 0 Å². The summed E-state index contributed by atoms with van der Waals surface area (Å²) in [5.74, 6) is -2.64. The summed E-state index contributed by atoms with van der Waals surface area (Å²) in [6.07, 6.45) is -16.9. The van der Waals surface area contributed by atoms with Crippen LogP contribution in [0.15, 0.2) is 12.1 Å². The Labute approximate surface area is 126 Å². The fourth-order valence-electron chi connectivity index (χ4n) is 1.48. The predicted molar refractivity (Wildman–Crippen MR) is 48.4 cm³/mol. The molecule has 0 fully saturated rings. The molecule has 0 aromatic heterocycles. The molecular formula is C10H3CuF9O2. The van der Waals surface area contributed by atoms with Crippen LogP contribution < -0.4 is 0 Å². The van der Waals surface area contributed by atoms with Gasteiger partial charge in [0, 0.05) is 17.1 Å². The molecule has 0 aliphatic carbocycles. The van der Waals surface area contributed by atoms with E-state index in [0.29, 0.717) is 0 Å². The Morgan fingerprint density at radius 2 is 1.09 bits per heavy atom. The molecule has 0 atom stereocenters. The number of benzene rings is 1. The van der Waals surface area contributed by atoms with Gasteiger partial charge in [-0.1, -0.05) is 0 Å². The smallest absolute Gasteiger partial charge is 0.417 e. The van der Waals surface area contributed by atoms with Crippen molar-refractivity contribution in [2.45, 2.75) is 18.5 Å². The molecular weight excluding hydrogens is 387 g/mol. The number of carbonyl (C=O) groups is 1. The fraction of sp³-hybridized carbons (Fsp3) is 0.300. The molecule has 1 aromatic rings. The van der Waals surface area contributed by atoms with Crippen LogP contribution in [0.2, 0.25) is 0 Å². The molecule has 0 unspecified atom stereocenters. The van der Waals surface area contributed by atoms with Gasteiger partial charge >= 0.3 is 24.5 Å². The van der Waals surface area contributed by atoms with Crippen LogP contribution >= 0.6 is 0 Å². The van der Waals surface area contributed by atoms with Gasteiger partial charge in [0.2, 0.25) is 0 Å². The van der Waals surface area contributed by atoms with Gasteiger partial charge in [-0.15, -0.1) is 0 Å². The summed E-state index contributed by atoms with van der Waals surface area (Å²) in [7, 11) is 0. The molecule has 1 aromatic carbocycles. The second kappa shape index (κ2) is 5.99. The van der Waals surface area contributed by atoms with Gasteiger partial charge in [0.05, 0.1) is 22.3 Å². The normalized spacial score (nSPS) is 12.8. The monoisotopic (exact) mass is 389 g/mol. The molecule has 22 heavy (non-hydrogen) atoms. The first kappa shape index (κ1) is 20.6. The van der Waals surface area contributed by atoms with E-state index in [0.717, 1.165) is 0 Å². The van der Waals surface area contributed by atoms with E-state index in [4.69, 9.17) is 5.11 Å². The van der Waals surface area contributed by atoms with E-state index in [-0.39, 0.29) is 17.1 Å². The molecule has 1 rings (SSSR count). The van der Waals surface area contributed by atoms with Gasteiger partial charge in [0.1, 0.15) is 0 Å². The number of rotatable bonds is 1. The molecule has 0 saturated carbocycles. The molecule has 2 nitrogen and oxygen atoms in total. The number of hydrogen-bond acceptors (Lipinski definition) is 1. The second-order valence-corrected chi connectivity index (χ2v) is 3.74. The topological polar surface area (TPSA) is 37.3 Å². The largest absolute Gasteiger partial charge is 0.478 e. The van der Waals surface area contributed by atoms with E-state index in [1.807, 2.05) is 0 Å². The number of halogens is 9. The molecule has 0 bridgehead atoms. The first-order valence-electron chi connectivity index (χ1n) is 4.78. The van der Waals surface area contributed by atoms with Crippen LogP contribution in [-0.4, -0.2) is 11.1 Å². The molecule has 12 heteroatoms. The molecule has 0 spiro atoms. The zero-order valence-corrected chi connectivity index (χ0v) is 10.7. The first-order valence-corrected chi connectivity index (χ1v) is 4.78. The molecule has 0 amide bonds. The zero-order valence-electron chi connectivity index (χ0n) is 9.71. The third-order valence-corrected chi connectivity index (χ3v) is 2.29. The molecule has 1 N–H and O–H groups in total. The van der Waals surface area contributed by atoms with Crippen LogP contribution in [0.25, 0.3) is 0 Å².